The van der Waals surface area contributed by atoms with Gasteiger partial charge in [-0.05, 0) is 13.0 Å². The van der Waals surface area contributed by atoms with Gasteiger partial charge in [-0.1, -0.05) is 0 Å². The van der Waals surface area contributed by atoms with Crippen molar-refractivity contribution < 1.29 is 15.3 Å². The molecular weight excluding hydrogens is 198 g/mol. The number of aliphatic hydroxyl groups excluding tert-OH is 3. The Labute approximate surface area is 87.6 Å². The number of hydrogen-bond acceptors (Lipinski definition) is 6. The fourth-order valence-electron chi connectivity index (χ4n) is 1.07. The summed E-state index contributed by atoms with van der Waals surface area (Å²) >= 11 is 0. The van der Waals surface area contributed by atoms with E-state index in [2.05, 4.69) is 15.3 Å². The van der Waals surface area contributed by atoms with E-state index >= 15 is 0 Å². The third-order valence-electron chi connectivity index (χ3n) is 2.08. The van der Waals surface area contributed by atoms with Crippen molar-refractivity contribution in [1.82, 2.24) is 9.97 Å². The zero-order valence-corrected chi connectivity index (χ0v) is 8.51. The van der Waals surface area contributed by atoms with Crippen LogP contribution in [0.25, 0.3) is 0 Å². The summed E-state index contributed by atoms with van der Waals surface area (Å²) in [6, 6.07) is 1.60. The van der Waals surface area contributed by atoms with E-state index in [0.29, 0.717) is 11.6 Å². The van der Waals surface area contributed by atoms with Crippen LogP contribution in [0.5, 0.6) is 0 Å². The second kappa shape index (κ2) is 5.01. The molecule has 0 saturated carbocycles. The molecule has 1 heterocycles. The smallest absolute Gasteiger partial charge is 0.130 e. The lowest BCUT2D eigenvalue weighted by Crippen LogP contribution is -2.49. The van der Waals surface area contributed by atoms with Gasteiger partial charge in [0.05, 0.1) is 19.8 Å². The first-order valence-electron chi connectivity index (χ1n) is 4.56. The summed E-state index contributed by atoms with van der Waals surface area (Å²) in [4.78, 5) is 7.96. The van der Waals surface area contributed by atoms with Gasteiger partial charge in [0.2, 0.25) is 0 Å². The van der Waals surface area contributed by atoms with Crippen molar-refractivity contribution in [3.05, 3.63) is 18.1 Å². The van der Waals surface area contributed by atoms with Gasteiger partial charge in [-0.25, -0.2) is 9.97 Å². The number of anilines is 1. The van der Waals surface area contributed by atoms with Crippen LogP contribution in [0.2, 0.25) is 0 Å². The van der Waals surface area contributed by atoms with E-state index in [4.69, 9.17) is 15.3 Å². The average Bonchev–Trinajstić information content (AvgIpc) is 2.26. The maximum absolute atomic E-state index is 9.08. The van der Waals surface area contributed by atoms with E-state index < -0.39 is 5.54 Å². The summed E-state index contributed by atoms with van der Waals surface area (Å²) in [6.45, 7) is 0.568. The largest absolute Gasteiger partial charge is 0.394 e. The molecule has 0 aliphatic carbocycles. The number of rotatable bonds is 5. The Morgan fingerprint density at radius 3 is 2.33 bits per heavy atom. The maximum atomic E-state index is 9.08. The predicted octanol–water partition coefficient (Wildman–Crippen LogP) is -1.09. The van der Waals surface area contributed by atoms with Crippen molar-refractivity contribution in [1.29, 1.82) is 0 Å². The quantitative estimate of drug-likeness (QED) is 0.496. The minimum Gasteiger partial charge on any atom is -0.394 e. The summed E-state index contributed by atoms with van der Waals surface area (Å²) < 4.78 is 0. The number of aromatic nitrogens is 2. The van der Waals surface area contributed by atoms with E-state index in [0.717, 1.165) is 0 Å². The van der Waals surface area contributed by atoms with Crippen LogP contribution in [0.15, 0.2) is 12.3 Å². The summed E-state index contributed by atoms with van der Waals surface area (Å²) in [7, 11) is 0. The molecule has 84 valence electrons. The highest BCUT2D eigenvalue weighted by molar-refractivity contribution is 5.37. The third-order valence-corrected chi connectivity index (χ3v) is 2.08. The maximum Gasteiger partial charge on any atom is 0.130 e. The molecule has 0 aliphatic heterocycles. The van der Waals surface area contributed by atoms with E-state index in [9.17, 15) is 0 Å². The molecule has 1 rings (SSSR count). The fraction of sp³-hybridized carbons (Fsp3) is 0.556. The standard InChI is InChI=1S/C9H15N3O3/c1-7-10-3-2-8(11-7)12-9(4-13,5-14)6-15/h2-3,13-15H,4-6H2,1H3,(H,10,11,12). The molecule has 0 radical (unpaired) electrons. The predicted molar refractivity (Wildman–Crippen MR) is 54.4 cm³/mol. The van der Waals surface area contributed by atoms with Gasteiger partial charge >= 0.3 is 0 Å². The van der Waals surface area contributed by atoms with Gasteiger partial charge in [-0.3, -0.25) is 0 Å². The molecule has 15 heavy (non-hydrogen) atoms. The van der Waals surface area contributed by atoms with Crippen LogP contribution in [-0.4, -0.2) is 50.6 Å². The minimum absolute atomic E-state index is 0.386. The van der Waals surface area contributed by atoms with Crippen molar-refractivity contribution in [2.75, 3.05) is 25.1 Å². The first-order chi connectivity index (χ1) is 7.15. The third kappa shape index (κ3) is 2.85. The van der Waals surface area contributed by atoms with Crippen molar-refractivity contribution >= 4 is 5.82 Å². The molecule has 0 unspecified atom stereocenters. The second-order valence-corrected chi connectivity index (χ2v) is 3.37. The summed E-state index contributed by atoms with van der Waals surface area (Å²) in [5.41, 5.74) is -1.15. The van der Waals surface area contributed by atoms with Crippen molar-refractivity contribution in [3.63, 3.8) is 0 Å². The zero-order chi connectivity index (χ0) is 11.3. The minimum atomic E-state index is -1.15. The van der Waals surface area contributed by atoms with Crippen molar-refractivity contribution in [2.45, 2.75) is 12.5 Å². The molecule has 0 saturated heterocycles. The van der Waals surface area contributed by atoms with Gasteiger partial charge in [0.25, 0.3) is 0 Å². The van der Waals surface area contributed by atoms with Gasteiger partial charge < -0.3 is 20.6 Å². The molecule has 6 nitrogen and oxygen atoms in total. The Kier molecular flexibility index (Phi) is 3.96. The Balaban J connectivity index is 2.82. The molecule has 0 fully saturated rings. The monoisotopic (exact) mass is 213 g/mol. The van der Waals surface area contributed by atoms with Crippen molar-refractivity contribution in [2.24, 2.45) is 0 Å². The second-order valence-electron chi connectivity index (χ2n) is 3.37. The number of aryl methyl sites for hydroxylation is 1. The van der Waals surface area contributed by atoms with E-state index in [1.807, 2.05) is 0 Å². The molecule has 0 spiro atoms. The molecule has 6 heteroatoms. The topological polar surface area (TPSA) is 98.5 Å². The molecule has 4 N–H and O–H groups in total. The van der Waals surface area contributed by atoms with Crippen LogP contribution in [0, 0.1) is 6.92 Å². The lowest BCUT2D eigenvalue weighted by atomic mass is 10.0. The average molecular weight is 213 g/mol. The first kappa shape index (κ1) is 11.8. The van der Waals surface area contributed by atoms with E-state index in [1.54, 1.807) is 19.2 Å². The molecule has 0 aromatic carbocycles. The molecule has 0 atom stereocenters. The van der Waals surface area contributed by atoms with Crippen molar-refractivity contribution in [3.8, 4) is 0 Å². The van der Waals surface area contributed by atoms with Gasteiger partial charge in [0.15, 0.2) is 0 Å². The normalized spacial score (nSPS) is 11.5. The van der Waals surface area contributed by atoms with Crippen LogP contribution in [-0.2, 0) is 0 Å². The van der Waals surface area contributed by atoms with Gasteiger partial charge in [-0.2, -0.15) is 0 Å². The lowest BCUT2D eigenvalue weighted by Gasteiger charge is -2.29. The molecule has 1 aromatic heterocycles. The Hall–Kier alpha value is -1.24. The highest BCUT2D eigenvalue weighted by Crippen LogP contribution is 2.11. The van der Waals surface area contributed by atoms with Crippen LogP contribution < -0.4 is 5.32 Å². The molecular formula is C9H15N3O3. The Morgan fingerprint density at radius 2 is 1.87 bits per heavy atom. The van der Waals surface area contributed by atoms with E-state index in [1.165, 1.54) is 0 Å². The Bertz CT molecular complexity index is 307. The number of nitrogens with zero attached hydrogens (tertiary/aromatic N) is 2. The lowest BCUT2D eigenvalue weighted by molar-refractivity contribution is 0.0831. The fourth-order valence-corrected chi connectivity index (χ4v) is 1.07. The number of nitrogens with one attached hydrogen (secondary N) is 1. The van der Waals surface area contributed by atoms with Gasteiger partial charge in [-0.15, -0.1) is 0 Å². The highest BCUT2D eigenvalue weighted by Gasteiger charge is 2.28. The van der Waals surface area contributed by atoms with Gasteiger partial charge in [0.1, 0.15) is 17.2 Å². The molecule has 0 aliphatic rings. The zero-order valence-electron chi connectivity index (χ0n) is 8.51. The van der Waals surface area contributed by atoms with Crippen LogP contribution in [0.3, 0.4) is 0 Å². The van der Waals surface area contributed by atoms with E-state index in [-0.39, 0.29) is 19.8 Å². The Morgan fingerprint density at radius 1 is 1.27 bits per heavy atom. The van der Waals surface area contributed by atoms with Crippen LogP contribution in [0.1, 0.15) is 5.82 Å². The summed E-state index contributed by atoms with van der Waals surface area (Å²) in [6.07, 6.45) is 1.56. The number of aliphatic hydroxyl groups is 3. The van der Waals surface area contributed by atoms with Crippen LogP contribution >= 0.6 is 0 Å². The van der Waals surface area contributed by atoms with Gasteiger partial charge in [0, 0.05) is 6.20 Å². The number of hydrogen-bond donors (Lipinski definition) is 4. The highest BCUT2D eigenvalue weighted by atomic mass is 16.3. The summed E-state index contributed by atoms with van der Waals surface area (Å²) in [5.74, 6) is 1.03. The van der Waals surface area contributed by atoms with Crippen LogP contribution in [0.4, 0.5) is 5.82 Å². The molecule has 0 amide bonds. The summed E-state index contributed by atoms with van der Waals surface area (Å²) in [5, 5.41) is 30.0. The first-order valence-corrected chi connectivity index (χ1v) is 4.56. The molecule has 0 bridgehead atoms. The SMILES string of the molecule is Cc1nccc(NC(CO)(CO)CO)n1. The molecule has 1 aromatic rings.